The number of carbonyl (C=O) groups excluding carboxylic acids is 1. The van der Waals surface area contributed by atoms with Crippen LogP contribution in [0.3, 0.4) is 0 Å². The molecule has 1 fully saturated rings. The molecule has 1 heterocycles. The summed E-state index contributed by atoms with van der Waals surface area (Å²) in [5.74, 6) is 1.02. The average molecular weight is 239 g/mol. The van der Waals surface area contributed by atoms with Gasteiger partial charge in [0.2, 0.25) is 0 Å². The minimum Gasteiger partial charge on any atom is -0.391 e. The highest BCUT2D eigenvalue weighted by Gasteiger charge is 2.24. The van der Waals surface area contributed by atoms with Gasteiger partial charge in [-0.15, -0.1) is 0 Å². The van der Waals surface area contributed by atoms with Gasteiger partial charge in [0, 0.05) is 6.07 Å². The van der Waals surface area contributed by atoms with Crippen molar-refractivity contribution in [3.05, 3.63) is 11.8 Å². The van der Waals surface area contributed by atoms with Crippen LogP contribution in [0.15, 0.2) is 10.6 Å². The highest BCUT2D eigenvalue weighted by Crippen LogP contribution is 2.18. The zero-order valence-electron chi connectivity index (χ0n) is 9.77. The van der Waals surface area contributed by atoms with E-state index < -0.39 is 6.10 Å². The Morgan fingerprint density at radius 2 is 2.29 bits per heavy atom. The molecule has 0 aliphatic heterocycles. The number of amides is 2. The van der Waals surface area contributed by atoms with Crippen molar-refractivity contribution in [3.63, 3.8) is 0 Å². The molecule has 2 amide bonds. The SMILES string of the molecule is Cc1cc(NC(=O)NC2CCCCC2O)no1. The molecule has 0 spiro atoms. The van der Waals surface area contributed by atoms with Gasteiger partial charge >= 0.3 is 6.03 Å². The van der Waals surface area contributed by atoms with Gasteiger partial charge in [-0.3, -0.25) is 5.32 Å². The normalized spacial score (nSPS) is 24.4. The van der Waals surface area contributed by atoms with Crippen molar-refractivity contribution in [2.75, 3.05) is 5.32 Å². The Morgan fingerprint density at radius 1 is 1.53 bits per heavy atom. The molecule has 6 nitrogen and oxygen atoms in total. The summed E-state index contributed by atoms with van der Waals surface area (Å²) in [6, 6.07) is 1.11. The molecule has 3 N–H and O–H groups in total. The van der Waals surface area contributed by atoms with Crippen LogP contribution >= 0.6 is 0 Å². The van der Waals surface area contributed by atoms with Gasteiger partial charge < -0.3 is 14.9 Å². The maximum atomic E-state index is 11.6. The molecule has 0 radical (unpaired) electrons. The molecule has 1 aromatic heterocycles. The molecule has 2 rings (SSSR count). The van der Waals surface area contributed by atoms with E-state index in [-0.39, 0.29) is 12.1 Å². The first-order chi connectivity index (χ1) is 8.15. The maximum Gasteiger partial charge on any atom is 0.320 e. The number of urea groups is 1. The lowest BCUT2D eigenvalue weighted by Crippen LogP contribution is -2.46. The van der Waals surface area contributed by atoms with E-state index >= 15 is 0 Å². The number of aliphatic hydroxyl groups excluding tert-OH is 1. The predicted octanol–water partition coefficient (Wildman–Crippen LogP) is 1.41. The van der Waals surface area contributed by atoms with Gasteiger partial charge in [0.15, 0.2) is 5.82 Å². The van der Waals surface area contributed by atoms with E-state index in [2.05, 4.69) is 15.8 Å². The lowest BCUT2D eigenvalue weighted by molar-refractivity contribution is 0.0955. The number of anilines is 1. The summed E-state index contributed by atoms with van der Waals surface area (Å²) in [5.41, 5.74) is 0. The molecule has 1 saturated carbocycles. The molecule has 1 aliphatic rings. The second-order valence-corrected chi connectivity index (χ2v) is 4.38. The molecule has 17 heavy (non-hydrogen) atoms. The zero-order chi connectivity index (χ0) is 12.3. The lowest BCUT2D eigenvalue weighted by Gasteiger charge is -2.28. The van der Waals surface area contributed by atoms with Gasteiger partial charge in [0.05, 0.1) is 12.1 Å². The topological polar surface area (TPSA) is 87.4 Å². The number of aromatic nitrogens is 1. The molecule has 1 aromatic rings. The number of nitrogens with one attached hydrogen (secondary N) is 2. The first kappa shape index (κ1) is 11.9. The van der Waals surface area contributed by atoms with Crippen LogP contribution in [0.2, 0.25) is 0 Å². The fourth-order valence-electron chi connectivity index (χ4n) is 2.03. The van der Waals surface area contributed by atoms with E-state index in [1.807, 2.05) is 0 Å². The average Bonchev–Trinajstić information content (AvgIpc) is 2.67. The first-order valence-electron chi connectivity index (χ1n) is 5.84. The molecule has 0 aromatic carbocycles. The molecule has 94 valence electrons. The number of rotatable bonds is 2. The number of hydrogen-bond acceptors (Lipinski definition) is 4. The first-order valence-corrected chi connectivity index (χ1v) is 5.84. The summed E-state index contributed by atoms with van der Waals surface area (Å²) in [6.07, 6.45) is 3.16. The van der Waals surface area contributed by atoms with E-state index in [4.69, 9.17) is 4.52 Å². The third-order valence-electron chi connectivity index (χ3n) is 2.92. The van der Waals surface area contributed by atoms with E-state index in [9.17, 15) is 9.90 Å². The van der Waals surface area contributed by atoms with Crippen molar-refractivity contribution in [1.82, 2.24) is 10.5 Å². The van der Waals surface area contributed by atoms with Crippen LogP contribution < -0.4 is 10.6 Å². The van der Waals surface area contributed by atoms with Gasteiger partial charge in [0.1, 0.15) is 5.76 Å². The molecule has 0 saturated heterocycles. The van der Waals surface area contributed by atoms with Crippen molar-refractivity contribution < 1.29 is 14.4 Å². The van der Waals surface area contributed by atoms with Crippen LogP contribution in [-0.4, -0.2) is 28.4 Å². The Balaban J connectivity index is 1.84. The Labute approximate surface area is 99.4 Å². The number of carbonyl (C=O) groups is 1. The van der Waals surface area contributed by atoms with Crippen LogP contribution in [0, 0.1) is 6.92 Å². The van der Waals surface area contributed by atoms with Crippen LogP contribution in [0.5, 0.6) is 0 Å². The van der Waals surface area contributed by atoms with Gasteiger partial charge in [-0.1, -0.05) is 18.0 Å². The number of hydrogen-bond donors (Lipinski definition) is 3. The summed E-state index contributed by atoms with van der Waals surface area (Å²) in [7, 11) is 0. The molecule has 1 aliphatic carbocycles. The van der Waals surface area contributed by atoms with E-state index in [1.54, 1.807) is 13.0 Å². The third kappa shape index (κ3) is 3.20. The van der Waals surface area contributed by atoms with E-state index in [0.717, 1.165) is 25.7 Å². The fourth-order valence-corrected chi connectivity index (χ4v) is 2.03. The Kier molecular flexibility index (Phi) is 3.63. The molecule has 0 bridgehead atoms. The van der Waals surface area contributed by atoms with Crippen LogP contribution in [-0.2, 0) is 0 Å². The highest BCUT2D eigenvalue weighted by molar-refractivity contribution is 5.88. The van der Waals surface area contributed by atoms with Crippen molar-refractivity contribution >= 4 is 11.8 Å². The predicted molar refractivity (Wildman–Crippen MR) is 61.7 cm³/mol. The summed E-state index contributed by atoms with van der Waals surface area (Å²) in [6.45, 7) is 1.75. The van der Waals surface area contributed by atoms with E-state index in [0.29, 0.717) is 11.6 Å². The fraction of sp³-hybridized carbons (Fsp3) is 0.636. The number of aliphatic hydroxyl groups is 1. The maximum absolute atomic E-state index is 11.6. The molecule has 2 unspecified atom stereocenters. The van der Waals surface area contributed by atoms with E-state index in [1.165, 1.54) is 0 Å². The Bertz CT molecular complexity index is 391. The minimum atomic E-state index is -0.450. The summed E-state index contributed by atoms with van der Waals surface area (Å²) in [4.78, 5) is 11.6. The summed E-state index contributed by atoms with van der Waals surface area (Å²) >= 11 is 0. The van der Waals surface area contributed by atoms with Crippen molar-refractivity contribution in [2.45, 2.75) is 44.8 Å². The minimum absolute atomic E-state index is 0.170. The van der Waals surface area contributed by atoms with Gasteiger partial charge in [-0.25, -0.2) is 4.79 Å². The third-order valence-corrected chi connectivity index (χ3v) is 2.92. The zero-order valence-corrected chi connectivity index (χ0v) is 9.77. The Morgan fingerprint density at radius 3 is 2.94 bits per heavy atom. The van der Waals surface area contributed by atoms with Crippen LogP contribution in [0.25, 0.3) is 0 Å². The number of aryl methyl sites for hydroxylation is 1. The molecular weight excluding hydrogens is 222 g/mol. The molecular formula is C11H17N3O3. The monoisotopic (exact) mass is 239 g/mol. The quantitative estimate of drug-likeness (QED) is 0.728. The molecule has 6 heteroatoms. The van der Waals surface area contributed by atoms with Crippen LogP contribution in [0.4, 0.5) is 10.6 Å². The highest BCUT2D eigenvalue weighted by atomic mass is 16.5. The smallest absolute Gasteiger partial charge is 0.320 e. The standard InChI is InChI=1S/C11H17N3O3/c1-7-6-10(14-17-7)13-11(16)12-8-4-2-3-5-9(8)15/h6,8-9,15H,2-5H2,1H3,(H2,12,13,14,16). The Hall–Kier alpha value is -1.56. The van der Waals surface area contributed by atoms with Crippen LogP contribution in [0.1, 0.15) is 31.4 Å². The largest absolute Gasteiger partial charge is 0.391 e. The second-order valence-electron chi connectivity index (χ2n) is 4.38. The van der Waals surface area contributed by atoms with Crippen molar-refractivity contribution in [3.8, 4) is 0 Å². The van der Waals surface area contributed by atoms with Crippen molar-refractivity contribution in [1.29, 1.82) is 0 Å². The molecule has 2 atom stereocenters. The van der Waals surface area contributed by atoms with Gasteiger partial charge in [-0.05, 0) is 19.8 Å². The van der Waals surface area contributed by atoms with Crippen molar-refractivity contribution in [2.24, 2.45) is 0 Å². The van der Waals surface area contributed by atoms with Gasteiger partial charge in [-0.2, -0.15) is 0 Å². The number of nitrogens with zero attached hydrogens (tertiary/aromatic N) is 1. The summed E-state index contributed by atoms with van der Waals surface area (Å²) in [5, 5.41) is 18.7. The summed E-state index contributed by atoms with van der Waals surface area (Å²) < 4.78 is 4.83. The lowest BCUT2D eigenvalue weighted by atomic mass is 9.93. The van der Waals surface area contributed by atoms with Gasteiger partial charge in [0.25, 0.3) is 0 Å². The second kappa shape index (κ2) is 5.18.